The first-order valence-corrected chi connectivity index (χ1v) is 3.83. The van der Waals surface area contributed by atoms with Crippen molar-refractivity contribution in [1.82, 2.24) is 0 Å². The van der Waals surface area contributed by atoms with E-state index in [1.165, 1.54) is 0 Å². The summed E-state index contributed by atoms with van der Waals surface area (Å²) < 4.78 is 0. The Morgan fingerprint density at radius 1 is 1.36 bits per heavy atom. The Labute approximate surface area is 69.5 Å². The Balaban J connectivity index is 4.08. The third-order valence-electron chi connectivity index (χ3n) is 1.37. The summed E-state index contributed by atoms with van der Waals surface area (Å²) in [5.74, 6) is 0. The third-order valence-corrected chi connectivity index (χ3v) is 1.37. The smallest absolute Gasteiger partial charge is 0.0385 e. The van der Waals surface area contributed by atoms with Gasteiger partial charge in [-0.25, -0.2) is 0 Å². The third kappa shape index (κ3) is 4.54. The molecule has 0 atom stereocenters. The molecule has 0 aromatic carbocycles. The van der Waals surface area contributed by atoms with Crippen molar-refractivity contribution in [3.8, 4) is 0 Å². The molecule has 0 spiro atoms. The average molecular weight is 151 g/mol. The largest absolute Gasteiger partial charge is 0.261 e. The summed E-state index contributed by atoms with van der Waals surface area (Å²) >= 11 is 0. The highest BCUT2D eigenvalue weighted by atomic mass is 14.7. The lowest BCUT2D eigenvalue weighted by Gasteiger charge is -2.16. The van der Waals surface area contributed by atoms with Gasteiger partial charge in [0.1, 0.15) is 0 Å². The predicted molar refractivity (Wildman–Crippen MR) is 51.9 cm³/mol. The molecule has 1 heteroatoms. The van der Waals surface area contributed by atoms with Crippen LogP contribution in [0.2, 0.25) is 0 Å². The molecular formula is C10H17N. The lowest BCUT2D eigenvalue weighted by Crippen LogP contribution is -2.06. The monoisotopic (exact) mass is 151 g/mol. The summed E-state index contributed by atoms with van der Waals surface area (Å²) in [4.78, 5) is 4.18. The van der Waals surface area contributed by atoms with Crippen molar-refractivity contribution in [3.63, 3.8) is 0 Å². The van der Waals surface area contributed by atoms with Gasteiger partial charge in [0.2, 0.25) is 0 Å². The molecule has 1 nitrogen and oxygen atoms in total. The molecule has 0 heterocycles. The van der Waals surface area contributed by atoms with Gasteiger partial charge in [-0.1, -0.05) is 33.4 Å². The summed E-state index contributed by atoms with van der Waals surface area (Å²) in [6.45, 7) is 12.1. The van der Waals surface area contributed by atoms with Gasteiger partial charge in [0.15, 0.2) is 0 Å². The summed E-state index contributed by atoms with van der Waals surface area (Å²) in [5, 5.41) is 0. The number of hydrogen-bond acceptors (Lipinski definition) is 1. The van der Waals surface area contributed by atoms with Gasteiger partial charge in [-0.2, -0.15) is 0 Å². The molecule has 0 fully saturated rings. The highest BCUT2D eigenvalue weighted by molar-refractivity contribution is 5.71. The zero-order chi connectivity index (χ0) is 8.91. The Kier molecular flexibility index (Phi) is 3.80. The van der Waals surface area contributed by atoms with Crippen molar-refractivity contribution >= 4 is 6.21 Å². The molecule has 0 radical (unpaired) electrons. The van der Waals surface area contributed by atoms with E-state index in [4.69, 9.17) is 0 Å². The van der Waals surface area contributed by atoms with Crippen LogP contribution in [0.4, 0.5) is 0 Å². The molecule has 0 aliphatic carbocycles. The quantitative estimate of drug-likeness (QED) is 0.537. The van der Waals surface area contributed by atoms with Crippen LogP contribution in [0.1, 0.15) is 27.7 Å². The molecular weight excluding hydrogens is 134 g/mol. The lowest BCUT2D eigenvalue weighted by atomic mass is 9.93. The van der Waals surface area contributed by atoms with Crippen LogP contribution in [0.3, 0.4) is 0 Å². The predicted octanol–water partition coefficient (Wildman–Crippen LogP) is 3.19. The minimum Gasteiger partial charge on any atom is -0.261 e. The first kappa shape index (κ1) is 10.2. The van der Waals surface area contributed by atoms with E-state index in [1.54, 1.807) is 6.21 Å². The lowest BCUT2D eigenvalue weighted by molar-refractivity contribution is 0.501. The van der Waals surface area contributed by atoms with Gasteiger partial charge >= 0.3 is 0 Å². The second-order valence-corrected chi connectivity index (χ2v) is 3.50. The maximum Gasteiger partial charge on any atom is 0.0385 e. The van der Waals surface area contributed by atoms with Crippen LogP contribution in [0.15, 0.2) is 29.4 Å². The van der Waals surface area contributed by atoms with Gasteiger partial charge in [-0.15, -0.1) is 0 Å². The highest BCUT2D eigenvalue weighted by Gasteiger charge is 2.12. The first-order valence-electron chi connectivity index (χ1n) is 3.83. The fraction of sp³-hybridized carbons (Fsp3) is 0.500. The maximum absolute atomic E-state index is 4.18. The van der Waals surface area contributed by atoms with E-state index >= 15 is 0 Å². The molecule has 0 aromatic rings. The van der Waals surface area contributed by atoms with Crippen molar-refractivity contribution in [2.45, 2.75) is 27.7 Å². The van der Waals surface area contributed by atoms with Gasteiger partial charge in [0, 0.05) is 17.3 Å². The first-order chi connectivity index (χ1) is 4.98. The number of hydrogen-bond donors (Lipinski definition) is 0. The molecule has 0 amide bonds. The van der Waals surface area contributed by atoms with E-state index in [9.17, 15) is 0 Å². The van der Waals surface area contributed by atoms with Crippen LogP contribution >= 0.6 is 0 Å². The number of aliphatic imine (C=N–C) groups is 1. The molecule has 0 bridgehead atoms. The van der Waals surface area contributed by atoms with Crippen molar-refractivity contribution in [2.75, 3.05) is 0 Å². The van der Waals surface area contributed by atoms with Crippen molar-refractivity contribution in [3.05, 3.63) is 24.4 Å². The van der Waals surface area contributed by atoms with Crippen LogP contribution in [0.5, 0.6) is 0 Å². The van der Waals surface area contributed by atoms with Crippen molar-refractivity contribution in [1.29, 1.82) is 0 Å². The summed E-state index contributed by atoms with van der Waals surface area (Å²) in [6.07, 6.45) is 5.62. The molecule has 0 unspecified atom stereocenters. The number of rotatable bonds is 2. The molecule has 0 saturated heterocycles. The Morgan fingerprint density at radius 2 is 1.91 bits per heavy atom. The van der Waals surface area contributed by atoms with E-state index in [2.05, 4.69) is 32.3 Å². The Bertz CT molecular complexity index is 180. The molecule has 62 valence electrons. The minimum absolute atomic E-state index is 0.0814. The molecule has 0 aromatic heterocycles. The maximum atomic E-state index is 4.18. The van der Waals surface area contributed by atoms with Gasteiger partial charge < -0.3 is 0 Å². The van der Waals surface area contributed by atoms with Crippen molar-refractivity contribution in [2.24, 2.45) is 10.4 Å². The summed E-state index contributed by atoms with van der Waals surface area (Å²) in [6, 6.07) is 0. The van der Waals surface area contributed by atoms with Crippen LogP contribution in [0.25, 0.3) is 0 Å². The van der Waals surface area contributed by atoms with E-state index in [0.717, 1.165) is 5.70 Å². The van der Waals surface area contributed by atoms with Crippen LogP contribution < -0.4 is 0 Å². The molecule has 0 aliphatic rings. The topological polar surface area (TPSA) is 12.4 Å². The fourth-order valence-electron chi connectivity index (χ4n) is 0.413. The van der Waals surface area contributed by atoms with Gasteiger partial charge in [-0.3, -0.25) is 4.99 Å². The summed E-state index contributed by atoms with van der Waals surface area (Å²) in [7, 11) is 0. The Hall–Kier alpha value is -0.850. The standard InChI is InChI=1S/C10H17N/c1-6-7-8-11-9(2)10(3,4)5/h6-8H,2H2,1,3-5H3/b7-6-,11-8?. The molecule has 0 N–H and O–H groups in total. The fourth-order valence-corrected chi connectivity index (χ4v) is 0.413. The zero-order valence-corrected chi connectivity index (χ0v) is 7.89. The van der Waals surface area contributed by atoms with E-state index in [-0.39, 0.29) is 5.41 Å². The number of nitrogens with zero attached hydrogens (tertiary/aromatic N) is 1. The van der Waals surface area contributed by atoms with E-state index in [0.29, 0.717) is 0 Å². The molecule has 0 aliphatic heterocycles. The van der Waals surface area contributed by atoms with Gasteiger partial charge in [0.05, 0.1) is 0 Å². The number of allylic oxidation sites excluding steroid dienone is 3. The molecule has 0 rings (SSSR count). The molecule has 0 saturated carbocycles. The SMILES string of the molecule is C=C(N=C/C=C\C)C(C)(C)C. The van der Waals surface area contributed by atoms with Crippen LogP contribution in [-0.4, -0.2) is 6.21 Å². The van der Waals surface area contributed by atoms with Crippen LogP contribution in [-0.2, 0) is 0 Å². The normalized spacial score (nSPS) is 13.1. The zero-order valence-electron chi connectivity index (χ0n) is 7.89. The van der Waals surface area contributed by atoms with Crippen molar-refractivity contribution < 1.29 is 0 Å². The summed E-state index contributed by atoms with van der Waals surface area (Å²) in [5.41, 5.74) is 0.994. The van der Waals surface area contributed by atoms with Gasteiger partial charge in [-0.05, 0) is 13.0 Å². The highest BCUT2D eigenvalue weighted by Crippen LogP contribution is 2.23. The second-order valence-electron chi connectivity index (χ2n) is 3.50. The van der Waals surface area contributed by atoms with E-state index < -0.39 is 0 Å². The molecule has 11 heavy (non-hydrogen) atoms. The Morgan fingerprint density at radius 3 is 2.27 bits per heavy atom. The average Bonchev–Trinajstić information content (AvgIpc) is 1.86. The van der Waals surface area contributed by atoms with Crippen LogP contribution in [0, 0.1) is 5.41 Å². The minimum atomic E-state index is 0.0814. The van der Waals surface area contributed by atoms with Gasteiger partial charge in [0.25, 0.3) is 0 Å². The second kappa shape index (κ2) is 4.12. The van der Waals surface area contributed by atoms with E-state index in [1.807, 2.05) is 19.1 Å².